The van der Waals surface area contributed by atoms with Gasteiger partial charge in [0.2, 0.25) is 6.43 Å². The van der Waals surface area contributed by atoms with Gasteiger partial charge in [-0.1, -0.05) is 12.1 Å². The molecule has 0 aromatic heterocycles. The Morgan fingerprint density at radius 2 is 1.75 bits per heavy atom. The zero-order valence-electron chi connectivity index (χ0n) is 17.1. The first-order chi connectivity index (χ1) is 15.1. The number of halogens is 5. The highest BCUT2D eigenvalue weighted by Crippen LogP contribution is 2.42. The van der Waals surface area contributed by atoms with E-state index in [4.69, 9.17) is 10.5 Å². The lowest BCUT2D eigenvalue weighted by Gasteiger charge is -2.27. The number of nitrogens with two attached hydrogens (primary N) is 1. The molecule has 0 bridgehead atoms. The number of aryl methyl sites for hydroxylation is 1. The standard InChI is InChI=1S/C21H20F5N3O3/c1-11-9-12(4-6-15(11)32-19(25)26)21(18(30)29(2)20(27)28-21)13-3-5-14(22)16(10-13)31-8-7-17(23)24/h3-6,9-10,17,19H,7-8H2,1-2H3,(H2,27,28)/t21-/m0/s1. The van der Waals surface area contributed by atoms with Gasteiger partial charge in [-0.2, -0.15) is 8.78 Å². The minimum atomic E-state index is -3.04. The van der Waals surface area contributed by atoms with Gasteiger partial charge in [0.25, 0.3) is 5.91 Å². The van der Waals surface area contributed by atoms with Gasteiger partial charge in [-0.15, -0.1) is 0 Å². The zero-order valence-corrected chi connectivity index (χ0v) is 17.1. The first kappa shape index (κ1) is 23.3. The second-order valence-electron chi connectivity index (χ2n) is 7.08. The zero-order chi connectivity index (χ0) is 23.6. The van der Waals surface area contributed by atoms with Gasteiger partial charge in [-0.3, -0.25) is 9.69 Å². The van der Waals surface area contributed by atoms with Crippen LogP contribution in [0.25, 0.3) is 0 Å². The van der Waals surface area contributed by atoms with Crippen LogP contribution in [-0.4, -0.2) is 43.5 Å². The van der Waals surface area contributed by atoms with Crippen LogP contribution < -0.4 is 15.2 Å². The summed E-state index contributed by atoms with van der Waals surface area (Å²) in [5, 5.41) is 0. The van der Waals surface area contributed by atoms with Gasteiger partial charge in [0.1, 0.15) is 5.75 Å². The fourth-order valence-electron chi connectivity index (χ4n) is 3.38. The van der Waals surface area contributed by atoms with Gasteiger partial charge in [-0.05, 0) is 47.9 Å². The van der Waals surface area contributed by atoms with Crippen molar-refractivity contribution in [3.05, 3.63) is 58.9 Å². The number of guanidine groups is 1. The van der Waals surface area contributed by atoms with E-state index in [1.807, 2.05) is 0 Å². The van der Waals surface area contributed by atoms with Crippen LogP contribution in [0.4, 0.5) is 22.0 Å². The Morgan fingerprint density at radius 3 is 2.31 bits per heavy atom. The number of hydrogen-bond acceptors (Lipinski definition) is 5. The number of nitrogens with zero attached hydrogens (tertiary/aromatic N) is 2. The molecular formula is C21H20F5N3O3. The number of amides is 1. The molecule has 2 N–H and O–H groups in total. The maximum atomic E-state index is 14.2. The molecule has 0 aliphatic carbocycles. The van der Waals surface area contributed by atoms with Gasteiger partial charge in [0, 0.05) is 13.5 Å². The Morgan fingerprint density at radius 1 is 1.09 bits per heavy atom. The van der Waals surface area contributed by atoms with Gasteiger partial charge >= 0.3 is 6.61 Å². The predicted octanol–water partition coefficient (Wildman–Crippen LogP) is 3.80. The Kier molecular flexibility index (Phi) is 6.56. The molecule has 32 heavy (non-hydrogen) atoms. The van der Waals surface area contributed by atoms with Crippen molar-refractivity contribution in [3.63, 3.8) is 0 Å². The molecule has 1 aliphatic rings. The van der Waals surface area contributed by atoms with Gasteiger partial charge in [0.15, 0.2) is 23.1 Å². The number of carbonyl (C=O) groups is 1. The molecular weight excluding hydrogens is 437 g/mol. The highest BCUT2D eigenvalue weighted by atomic mass is 19.3. The molecule has 1 amide bonds. The molecule has 1 aliphatic heterocycles. The first-order valence-corrected chi connectivity index (χ1v) is 9.46. The smallest absolute Gasteiger partial charge is 0.387 e. The fraction of sp³-hybridized carbons (Fsp3) is 0.333. The van der Waals surface area contributed by atoms with Gasteiger partial charge in [0.05, 0.1) is 6.61 Å². The van der Waals surface area contributed by atoms with Crippen molar-refractivity contribution in [2.24, 2.45) is 10.7 Å². The topological polar surface area (TPSA) is 77.2 Å². The van der Waals surface area contributed by atoms with Gasteiger partial charge < -0.3 is 15.2 Å². The first-order valence-electron chi connectivity index (χ1n) is 9.46. The summed E-state index contributed by atoms with van der Waals surface area (Å²) in [4.78, 5) is 18.7. The second kappa shape index (κ2) is 9.01. The number of rotatable bonds is 8. The molecule has 0 saturated carbocycles. The van der Waals surface area contributed by atoms with Crippen LogP contribution in [0.2, 0.25) is 0 Å². The van der Waals surface area contributed by atoms with E-state index < -0.39 is 43.3 Å². The minimum Gasteiger partial charge on any atom is -0.490 e. The number of benzene rings is 2. The Balaban J connectivity index is 2.11. The molecule has 172 valence electrons. The van der Waals surface area contributed by atoms with Crippen molar-refractivity contribution >= 4 is 11.9 Å². The lowest BCUT2D eigenvalue weighted by atomic mass is 9.82. The summed E-state index contributed by atoms with van der Waals surface area (Å²) < 4.78 is 73.9. The highest BCUT2D eigenvalue weighted by molar-refractivity contribution is 6.09. The molecule has 1 heterocycles. The molecule has 2 aromatic rings. The van der Waals surface area contributed by atoms with Crippen LogP contribution in [0.5, 0.6) is 11.5 Å². The third kappa shape index (κ3) is 4.32. The Hall–Kier alpha value is -3.37. The average molecular weight is 457 g/mol. The van der Waals surface area contributed by atoms with E-state index in [1.165, 1.54) is 44.3 Å². The monoisotopic (exact) mass is 457 g/mol. The summed E-state index contributed by atoms with van der Waals surface area (Å²) in [7, 11) is 1.40. The van der Waals surface area contributed by atoms with E-state index in [1.54, 1.807) is 0 Å². The Labute approximate surface area is 180 Å². The second-order valence-corrected chi connectivity index (χ2v) is 7.08. The molecule has 1 atom stereocenters. The number of hydrogen-bond donors (Lipinski definition) is 1. The fourth-order valence-corrected chi connectivity index (χ4v) is 3.38. The lowest BCUT2D eigenvalue weighted by molar-refractivity contribution is -0.129. The molecule has 11 heteroatoms. The van der Waals surface area contributed by atoms with Crippen molar-refractivity contribution < 1.29 is 36.2 Å². The van der Waals surface area contributed by atoms with Crippen molar-refractivity contribution in [1.82, 2.24) is 4.90 Å². The highest BCUT2D eigenvalue weighted by Gasteiger charge is 2.50. The normalized spacial score (nSPS) is 18.5. The van der Waals surface area contributed by atoms with Crippen molar-refractivity contribution in [2.45, 2.75) is 31.9 Å². The number of alkyl halides is 4. The summed E-state index contributed by atoms with van der Waals surface area (Å²) in [6, 6.07) is 7.58. The maximum Gasteiger partial charge on any atom is 0.387 e. The molecule has 0 spiro atoms. The van der Waals surface area contributed by atoms with Crippen molar-refractivity contribution in [2.75, 3.05) is 13.7 Å². The van der Waals surface area contributed by atoms with Crippen LogP contribution >= 0.6 is 0 Å². The van der Waals surface area contributed by atoms with Gasteiger partial charge in [-0.25, -0.2) is 18.2 Å². The number of likely N-dealkylation sites (N-methyl/N-ethyl adjacent to an activating group) is 1. The predicted molar refractivity (Wildman–Crippen MR) is 105 cm³/mol. The van der Waals surface area contributed by atoms with Crippen LogP contribution in [-0.2, 0) is 10.3 Å². The quantitative estimate of drug-likeness (QED) is 0.612. The maximum absolute atomic E-state index is 14.2. The van der Waals surface area contributed by atoms with Crippen molar-refractivity contribution in [1.29, 1.82) is 0 Å². The third-order valence-corrected chi connectivity index (χ3v) is 4.99. The van der Waals surface area contributed by atoms with E-state index in [9.17, 15) is 26.7 Å². The third-order valence-electron chi connectivity index (χ3n) is 4.99. The summed E-state index contributed by atoms with van der Waals surface area (Å²) >= 11 is 0. The summed E-state index contributed by atoms with van der Waals surface area (Å²) in [6.07, 6.45) is -3.23. The Bertz CT molecular complexity index is 1050. The largest absolute Gasteiger partial charge is 0.490 e. The molecule has 0 unspecified atom stereocenters. The van der Waals surface area contributed by atoms with Crippen LogP contribution in [0.1, 0.15) is 23.1 Å². The SMILES string of the molecule is Cc1cc([C@@]2(c3ccc(F)c(OCCC(F)F)c3)N=C(N)N(C)C2=O)ccc1OC(F)F. The molecule has 2 aromatic carbocycles. The van der Waals surface area contributed by atoms with Crippen molar-refractivity contribution in [3.8, 4) is 11.5 Å². The van der Waals surface area contributed by atoms with Crippen LogP contribution in [0, 0.1) is 12.7 Å². The molecule has 3 rings (SSSR count). The summed E-state index contributed by atoms with van der Waals surface area (Å²) in [5.41, 5.74) is 4.83. The van der Waals surface area contributed by atoms with Crippen LogP contribution in [0.3, 0.4) is 0 Å². The van der Waals surface area contributed by atoms with E-state index in [0.717, 1.165) is 11.0 Å². The van der Waals surface area contributed by atoms with E-state index in [0.29, 0.717) is 5.56 Å². The average Bonchev–Trinajstić information content (AvgIpc) is 2.95. The molecule has 0 radical (unpaired) electrons. The molecule has 6 nitrogen and oxygen atoms in total. The molecule has 0 saturated heterocycles. The van der Waals surface area contributed by atoms with E-state index >= 15 is 0 Å². The summed E-state index contributed by atoms with van der Waals surface area (Å²) in [6.45, 7) is -1.97. The lowest BCUT2D eigenvalue weighted by Crippen LogP contribution is -2.41. The summed E-state index contributed by atoms with van der Waals surface area (Å²) in [5.74, 6) is -1.95. The molecule has 0 fully saturated rings. The number of ether oxygens (including phenoxy) is 2. The van der Waals surface area contributed by atoms with Crippen LogP contribution in [0.15, 0.2) is 41.4 Å². The van der Waals surface area contributed by atoms with E-state index in [2.05, 4.69) is 9.73 Å². The van der Waals surface area contributed by atoms with E-state index in [-0.39, 0.29) is 28.6 Å². The number of aliphatic imine (C=N–C) groups is 1. The number of carbonyl (C=O) groups excluding carboxylic acids is 1. The minimum absolute atomic E-state index is 0.0928.